The van der Waals surface area contributed by atoms with Gasteiger partial charge >= 0.3 is 0 Å². The van der Waals surface area contributed by atoms with Crippen LogP contribution in [0.1, 0.15) is 0 Å². The van der Waals surface area contributed by atoms with Gasteiger partial charge in [-0.25, -0.2) is 9.97 Å². The second kappa shape index (κ2) is 4.90. The number of fused-ring (bicyclic) bond motifs is 1. The summed E-state index contributed by atoms with van der Waals surface area (Å²) in [5, 5.41) is 16.3. The van der Waals surface area contributed by atoms with Crippen molar-refractivity contribution in [1.29, 1.82) is 0 Å². The molecule has 3 aromatic heterocycles. The molecule has 0 aliphatic rings. The van der Waals surface area contributed by atoms with E-state index in [1.807, 2.05) is 5.38 Å². The number of aliphatic hydroxyl groups is 1. The number of hydrogen-bond donors (Lipinski definition) is 1. The van der Waals surface area contributed by atoms with Crippen LogP contribution in [0.15, 0.2) is 35.2 Å². The first-order valence-corrected chi connectivity index (χ1v) is 6.55. The summed E-state index contributed by atoms with van der Waals surface area (Å²) in [5.74, 6) is 0. The van der Waals surface area contributed by atoms with Crippen LogP contribution < -0.4 is 5.56 Å². The van der Waals surface area contributed by atoms with Crippen molar-refractivity contribution in [3.8, 4) is 0 Å². The van der Waals surface area contributed by atoms with Gasteiger partial charge in [0.1, 0.15) is 17.5 Å². The number of thiophene rings is 1. The van der Waals surface area contributed by atoms with E-state index in [1.165, 1.54) is 39.6 Å². The second-order valence-corrected chi connectivity index (χ2v) is 5.01. The molecule has 3 heterocycles. The molecule has 0 amide bonds. The Labute approximate surface area is 111 Å². The molecule has 98 valence electrons. The SMILES string of the molecule is O=c1c2ccsc2ncn1CC(O)Cn1cncn1. The molecule has 0 aromatic carbocycles. The summed E-state index contributed by atoms with van der Waals surface area (Å²) in [6.45, 7) is 0.464. The van der Waals surface area contributed by atoms with Crippen LogP contribution in [-0.2, 0) is 13.1 Å². The molecule has 7 nitrogen and oxygen atoms in total. The first kappa shape index (κ1) is 12.0. The molecule has 0 saturated carbocycles. The third-order valence-electron chi connectivity index (χ3n) is 2.72. The minimum atomic E-state index is -0.725. The van der Waals surface area contributed by atoms with Crippen LogP contribution in [0.4, 0.5) is 0 Å². The molecule has 0 fully saturated rings. The number of hydrogen-bond acceptors (Lipinski definition) is 6. The van der Waals surface area contributed by atoms with E-state index < -0.39 is 6.10 Å². The summed E-state index contributed by atoms with van der Waals surface area (Å²) < 4.78 is 2.93. The van der Waals surface area contributed by atoms with Crippen molar-refractivity contribution in [2.75, 3.05) is 0 Å². The van der Waals surface area contributed by atoms with Gasteiger partial charge in [-0.1, -0.05) is 0 Å². The smallest absolute Gasteiger partial charge is 0.262 e. The zero-order chi connectivity index (χ0) is 13.2. The fraction of sp³-hybridized carbons (Fsp3) is 0.273. The van der Waals surface area contributed by atoms with Gasteiger partial charge in [-0.05, 0) is 11.4 Å². The van der Waals surface area contributed by atoms with Gasteiger partial charge in [0.15, 0.2) is 0 Å². The average Bonchev–Trinajstić information content (AvgIpc) is 3.03. The maximum absolute atomic E-state index is 12.1. The molecular formula is C11H11N5O2S. The van der Waals surface area contributed by atoms with E-state index in [4.69, 9.17) is 0 Å². The van der Waals surface area contributed by atoms with Gasteiger partial charge in [0.2, 0.25) is 0 Å². The normalized spacial score (nSPS) is 12.9. The van der Waals surface area contributed by atoms with Crippen LogP contribution in [0.5, 0.6) is 0 Å². The summed E-state index contributed by atoms with van der Waals surface area (Å²) in [4.78, 5) is 20.8. The summed E-state index contributed by atoms with van der Waals surface area (Å²) in [6.07, 6.45) is 3.66. The summed E-state index contributed by atoms with van der Waals surface area (Å²) >= 11 is 1.42. The summed E-state index contributed by atoms with van der Waals surface area (Å²) in [7, 11) is 0. The van der Waals surface area contributed by atoms with Crippen LogP contribution in [0.25, 0.3) is 10.2 Å². The van der Waals surface area contributed by atoms with Crippen molar-refractivity contribution < 1.29 is 5.11 Å². The highest BCUT2D eigenvalue weighted by molar-refractivity contribution is 7.16. The fourth-order valence-electron chi connectivity index (χ4n) is 1.85. The Bertz CT molecular complexity index is 733. The maximum Gasteiger partial charge on any atom is 0.262 e. The van der Waals surface area contributed by atoms with Gasteiger partial charge in [-0.3, -0.25) is 14.0 Å². The van der Waals surface area contributed by atoms with Crippen molar-refractivity contribution in [2.24, 2.45) is 0 Å². The molecule has 1 unspecified atom stereocenters. The third kappa shape index (κ3) is 2.40. The zero-order valence-corrected chi connectivity index (χ0v) is 10.7. The molecule has 0 aliphatic heterocycles. The Balaban J connectivity index is 1.81. The van der Waals surface area contributed by atoms with E-state index in [0.717, 1.165) is 0 Å². The van der Waals surface area contributed by atoms with Crippen LogP contribution in [-0.4, -0.2) is 35.5 Å². The highest BCUT2D eigenvalue weighted by Crippen LogP contribution is 2.13. The van der Waals surface area contributed by atoms with Gasteiger partial charge in [0.05, 0.1) is 30.9 Å². The lowest BCUT2D eigenvalue weighted by Gasteiger charge is -2.11. The highest BCUT2D eigenvalue weighted by Gasteiger charge is 2.10. The van der Waals surface area contributed by atoms with Gasteiger partial charge < -0.3 is 5.11 Å². The Morgan fingerprint density at radius 3 is 3.05 bits per heavy atom. The van der Waals surface area contributed by atoms with Crippen molar-refractivity contribution >= 4 is 21.6 Å². The monoisotopic (exact) mass is 277 g/mol. The maximum atomic E-state index is 12.1. The van der Waals surface area contributed by atoms with E-state index in [-0.39, 0.29) is 18.6 Å². The molecule has 3 aromatic rings. The minimum Gasteiger partial charge on any atom is -0.389 e. The molecule has 0 aliphatic carbocycles. The van der Waals surface area contributed by atoms with Crippen LogP contribution >= 0.6 is 11.3 Å². The Morgan fingerprint density at radius 2 is 2.26 bits per heavy atom. The van der Waals surface area contributed by atoms with E-state index >= 15 is 0 Å². The van der Waals surface area contributed by atoms with E-state index in [0.29, 0.717) is 10.2 Å². The Hall–Kier alpha value is -2.06. The lowest BCUT2D eigenvalue weighted by Crippen LogP contribution is -2.29. The molecule has 1 atom stereocenters. The van der Waals surface area contributed by atoms with E-state index in [9.17, 15) is 9.90 Å². The molecule has 1 N–H and O–H groups in total. The molecule has 0 radical (unpaired) electrons. The lowest BCUT2D eigenvalue weighted by atomic mass is 10.3. The van der Waals surface area contributed by atoms with E-state index in [1.54, 1.807) is 6.07 Å². The molecule has 0 spiro atoms. The third-order valence-corrected chi connectivity index (χ3v) is 3.54. The molecular weight excluding hydrogens is 266 g/mol. The number of aromatic nitrogens is 5. The first-order chi connectivity index (χ1) is 9.24. The number of nitrogens with zero attached hydrogens (tertiary/aromatic N) is 5. The van der Waals surface area contributed by atoms with Crippen molar-refractivity contribution in [3.05, 3.63) is 40.8 Å². The van der Waals surface area contributed by atoms with Gasteiger partial charge in [-0.15, -0.1) is 11.3 Å². The van der Waals surface area contributed by atoms with Crippen molar-refractivity contribution in [2.45, 2.75) is 19.2 Å². The van der Waals surface area contributed by atoms with E-state index in [2.05, 4.69) is 15.1 Å². The lowest BCUT2D eigenvalue weighted by molar-refractivity contribution is 0.128. The molecule has 19 heavy (non-hydrogen) atoms. The molecule has 0 saturated heterocycles. The number of rotatable bonds is 4. The predicted octanol–water partition coefficient (Wildman–Crippen LogP) is 0.111. The summed E-state index contributed by atoms with van der Waals surface area (Å²) in [6, 6.07) is 1.75. The Kier molecular flexibility index (Phi) is 3.10. The topological polar surface area (TPSA) is 85.8 Å². The number of aliphatic hydroxyl groups excluding tert-OH is 1. The quantitative estimate of drug-likeness (QED) is 0.731. The molecule has 0 bridgehead atoms. The minimum absolute atomic E-state index is 0.135. The second-order valence-electron chi connectivity index (χ2n) is 4.11. The van der Waals surface area contributed by atoms with Gasteiger partial charge in [-0.2, -0.15) is 5.10 Å². The first-order valence-electron chi connectivity index (χ1n) is 5.67. The zero-order valence-electron chi connectivity index (χ0n) is 9.88. The predicted molar refractivity (Wildman–Crippen MR) is 69.9 cm³/mol. The molecule has 3 rings (SSSR count). The summed E-state index contributed by atoms with van der Waals surface area (Å²) in [5.41, 5.74) is -0.135. The van der Waals surface area contributed by atoms with Crippen molar-refractivity contribution in [1.82, 2.24) is 24.3 Å². The largest absolute Gasteiger partial charge is 0.389 e. The van der Waals surface area contributed by atoms with Crippen LogP contribution in [0.2, 0.25) is 0 Å². The van der Waals surface area contributed by atoms with Gasteiger partial charge in [0.25, 0.3) is 5.56 Å². The average molecular weight is 277 g/mol. The van der Waals surface area contributed by atoms with Gasteiger partial charge in [0, 0.05) is 0 Å². The highest BCUT2D eigenvalue weighted by atomic mass is 32.1. The standard InChI is InChI=1S/C11H11N5O2S/c17-8(4-16-6-12-5-14-16)3-15-7-13-10-9(11(15)18)1-2-19-10/h1-2,5-8,17H,3-4H2. The molecule has 8 heteroatoms. The van der Waals surface area contributed by atoms with Crippen LogP contribution in [0, 0.1) is 0 Å². The Morgan fingerprint density at radius 1 is 1.37 bits per heavy atom. The fourth-order valence-corrected chi connectivity index (χ4v) is 2.57. The van der Waals surface area contributed by atoms with Crippen LogP contribution in [0.3, 0.4) is 0 Å². The van der Waals surface area contributed by atoms with Crippen molar-refractivity contribution in [3.63, 3.8) is 0 Å².